The lowest BCUT2D eigenvalue weighted by atomic mass is 9.98. The summed E-state index contributed by atoms with van der Waals surface area (Å²) in [6.07, 6.45) is 6.32. The lowest BCUT2D eigenvalue weighted by molar-refractivity contribution is 0.366. The smallest absolute Gasteiger partial charge is 0.135 e. The predicted octanol–water partition coefficient (Wildman–Crippen LogP) is 2.49. The van der Waals surface area contributed by atoms with E-state index in [1.165, 1.54) is 0 Å². The topological polar surface area (TPSA) is 49.5 Å². The molecule has 15 heavy (non-hydrogen) atoms. The molecule has 0 amide bonds. The molecule has 0 saturated heterocycles. The van der Waals surface area contributed by atoms with Crippen molar-refractivity contribution in [3.8, 4) is 0 Å². The van der Waals surface area contributed by atoms with Gasteiger partial charge in [-0.3, -0.25) is 0 Å². The number of aliphatic hydroxyl groups excluding tert-OH is 1. The molecular weight excluding hydrogens is 188 g/mol. The predicted molar refractivity (Wildman–Crippen MR) is 62.9 cm³/mol. The number of nitrogens with two attached hydrogens (primary N) is 1. The quantitative estimate of drug-likeness (QED) is 0.749. The molecule has 0 saturated carbocycles. The van der Waals surface area contributed by atoms with Crippen LogP contribution in [0.5, 0.6) is 0 Å². The molecule has 0 radical (unpaired) electrons. The van der Waals surface area contributed by atoms with Crippen LogP contribution in [0.3, 0.4) is 0 Å². The fraction of sp³-hybridized carbons (Fsp3) is 0.500. The van der Waals surface area contributed by atoms with Crippen molar-refractivity contribution in [3.63, 3.8) is 0 Å². The fourth-order valence-electron chi connectivity index (χ4n) is 1.65. The van der Waals surface area contributed by atoms with E-state index in [1.54, 1.807) is 12.4 Å². The molecule has 0 fully saturated rings. The van der Waals surface area contributed by atoms with Gasteiger partial charge in [0.1, 0.15) is 5.76 Å². The molecule has 3 heteroatoms. The van der Waals surface area contributed by atoms with Crippen molar-refractivity contribution in [1.82, 2.24) is 4.90 Å². The van der Waals surface area contributed by atoms with Crippen molar-refractivity contribution in [2.75, 3.05) is 6.54 Å². The molecule has 1 aliphatic heterocycles. The molecule has 3 nitrogen and oxygen atoms in total. The molecule has 84 valence electrons. The zero-order chi connectivity index (χ0) is 11.4. The minimum Gasteiger partial charge on any atom is -0.506 e. The van der Waals surface area contributed by atoms with E-state index in [-0.39, 0.29) is 0 Å². The summed E-state index contributed by atoms with van der Waals surface area (Å²) in [6.45, 7) is 7.08. The summed E-state index contributed by atoms with van der Waals surface area (Å²) >= 11 is 0. The summed E-state index contributed by atoms with van der Waals surface area (Å²) in [5.41, 5.74) is 7.47. The Hall–Kier alpha value is -1.38. The molecule has 0 atom stereocenters. The van der Waals surface area contributed by atoms with Gasteiger partial charge in [0.05, 0.1) is 5.70 Å². The molecule has 3 N–H and O–H groups in total. The van der Waals surface area contributed by atoms with Crippen molar-refractivity contribution in [2.24, 2.45) is 11.7 Å². The van der Waals surface area contributed by atoms with E-state index >= 15 is 0 Å². The number of nitrogens with zero attached hydrogens (tertiary/aromatic N) is 1. The third-order valence-corrected chi connectivity index (χ3v) is 2.47. The molecule has 0 bridgehead atoms. The third-order valence-electron chi connectivity index (χ3n) is 2.47. The first-order valence-electron chi connectivity index (χ1n) is 5.41. The largest absolute Gasteiger partial charge is 0.506 e. The highest BCUT2D eigenvalue weighted by molar-refractivity contribution is 5.39. The van der Waals surface area contributed by atoms with Crippen molar-refractivity contribution in [2.45, 2.75) is 27.2 Å². The van der Waals surface area contributed by atoms with E-state index in [1.807, 2.05) is 11.0 Å². The maximum atomic E-state index is 9.83. The van der Waals surface area contributed by atoms with Gasteiger partial charge >= 0.3 is 0 Å². The van der Waals surface area contributed by atoms with Crippen LogP contribution in [-0.4, -0.2) is 16.6 Å². The summed E-state index contributed by atoms with van der Waals surface area (Å²) in [5.74, 6) is 0.657. The van der Waals surface area contributed by atoms with E-state index < -0.39 is 0 Å². The Balaban J connectivity index is 2.96. The molecule has 1 aliphatic rings. The SMILES string of the molecule is CCCN1C=C(O)C(C(C)C)=C/C1=C/N. The van der Waals surface area contributed by atoms with Crippen LogP contribution in [-0.2, 0) is 0 Å². The summed E-state index contributed by atoms with van der Waals surface area (Å²) < 4.78 is 0. The number of hydrogen-bond acceptors (Lipinski definition) is 3. The summed E-state index contributed by atoms with van der Waals surface area (Å²) in [4.78, 5) is 1.97. The number of hydrogen-bond donors (Lipinski definition) is 2. The van der Waals surface area contributed by atoms with Crippen LogP contribution in [0.15, 0.2) is 35.5 Å². The first-order valence-corrected chi connectivity index (χ1v) is 5.41. The van der Waals surface area contributed by atoms with Gasteiger partial charge in [-0.05, 0) is 18.4 Å². The van der Waals surface area contributed by atoms with Gasteiger partial charge in [0.2, 0.25) is 0 Å². The van der Waals surface area contributed by atoms with Crippen LogP contribution >= 0.6 is 0 Å². The van der Waals surface area contributed by atoms with E-state index in [4.69, 9.17) is 5.73 Å². The first-order chi connectivity index (χ1) is 7.10. The third kappa shape index (κ3) is 2.55. The molecule has 1 rings (SSSR count). The normalized spacial score (nSPS) is 19.5. The maximum Gasteiger partial charge on any atom is 0.135 e. The Morgan fingerprint density at radius 3 is 2.67 bits per heavy atom. The molecule has 0 spiro atoms. The Labute approximate surface area is 91.6 Å². The molecule has 1 heterocycles. The Bertz CT molecular complexity index is 314. The first kappa shape index (κ1) is 11.7. The number of rotatable bonds is 3. The summed E-state index contributed by atoms with van der Waals surface area (Å²) in [5, 5.41) is 9.83. The molecule has 0 aromatic heterocycles. The molecule has 0 aromatic rings. The van der Waals surface area contributed by atoms with Crippen molar-refractivity contribution in [1.29, 1.82) is 0 Å². The van der Waals surface area contributed by atoms with Gasteiger partial charge < -0.3 is 15.7 Å². The van der Waals surface area contributed by atoms with E-state index in [9.17, 15) is 5.11 Å². The van der Waals surface area contributed by atoms with Gasteiger partial charge in [0.25, 0.3) is 0 Å². The standard InChI is InChI=1S/C12H20N2O/c1-4-5-14-8-12(15)11(9(2)3)6-10(14)7-13/h6-9,15H,4-5,13H2,1-3H3/b10-7-. The monoisotopic (exact) mass is 208 g/mol. The van der Waals surface area contributed by atoms with Gasteiger partial charge in [-0.1, -0.05) is 20.8 Å². The molecular formula is C12H20N2O. The highest BCUT2D eigenvalue weighted by Gasteiger charge is 2.17. The highest BCUT2D eigenvalue weighted by Crippen LogP contribution is 2.26. The van der Waals surface area contributed by atoms with Crippen LogP contribution in [0.2, 0.25) is 0 Å². The van der Waals surface area contributed by atoms with Crippen LogP contribution in [0, 0.1) is 5.92 Å². The number of allylic oxidation sites excluding steroid dienone is 2. The minimum atomic E-state index is 0.306. The molecule has 0 unspecified atom stereocenters. The second kappa shape index (κ2) is 4.91. The van der Waals surface area contributed by atoms with Gasteiger partial charge in [-0.2, -0.15) is 0 Å². The number of aliphatic hydroxyl groups is 1. The van der Waals surface area contributed by atoms with Crippen molar-refractivity contribution in [3.05, 3.63) is 35.5 Å². The Morgan fingerprint density at radius 2 is 2.20 bits per heavy atom. The zero-order valence-electron chi connectivity index (χ0n) is 9.70. The van der Waals surface area contributed by atoms with Crippen LogP contribution in [0.4, 0.5) is 0 Å². The van der Waals surface area contributed by atoms with Gasteiger partial charge in [-0.25, -0.2) is 0 Å². The minimum absolute atomic E-state index is 0.306. The van der Waals surface area contributed by atoms with E-state index in [0.29, 0.717) is 11.7 Å². The molecule has 0 aromatic carbocycles. The average molecular weight is 208 g/mol. The second-order valence-electron chi connectivity index (χ2n) is 4.05. The van der Waals surface area contributed by atoms with Crippen LogP contribution in [0.1, 0.15) is 27.2 Å². The van der Waals surface area contributed by atoms with Gasteiger partial charge in [0.15, 0.2) is 0 Å². The lowest BCUT2D eigenvalue weighted by Crippen LogP contribution is -2.23. The van der Waals surface area contributed by atoms with Crippen LogP contribution in [0.25, 0.3) is 0 Å². The van der Waals surface area contributed by atoms with E-state index in [0.717, 1.165) is 24.2 Å². The lowest BCUT2D eigenvalue weighted by Gasteiger charge is -2.27. The molecule has 0 aliphatic carbocycles. The Kier molecular flexibility index (Phi) is 3.83. The van der Waals surface area contributed by atoms with E-state index in [2.05, 4.69) is 20.8 Å². The highest BCUT2D eigenvalue weighted by atomic mass is 16.3. The van der Waals surface area contributed by atoms with Crippen molar-refractivity contribution < 1.29 is 5.11 Å². The van der Waals surface area contributed by atoms with Crippen LogP contribution < -0.4 is 5.73 Å². The van der Waals surface area contributed by atoms with Crippen molar-refractivity contribution >= 4 is 0 Å². The average Bonchev–Trinajstić information content (AvgIpc) is 2.18. The Morgan fingerprint density at radius 1 is 1.53 bits per heavy atom. The zero-order valence-corrected chi connectivity index (χ0v) is 9.70. The summed E-state index contributed by atoms with van der Waals surface area (Å²) in [6, 6.07) is 0. The fourth-order valence-corrected chi connectivity index (χ4v) is 1.65. The van der Waals surface area contributed by atoms with Gasteiger partial charge in [-0.15, -0.1) is 0 Å². The van der Waals surface area contributed by atoms with Gasteiger partial charge in [0, 0.05) is 24.5 Å². The summed E-state index contributed by atoms with van der Waals surface area (Å²) in [7, 11) is 0. The maximum absolute atomic E-state index is 9.83. The second-order valence-corrected chi connectivity index (χ2v) is 4.05.